The molecule has 0 saturated heterocycles. The van der Waals surface area contributed by atoms with Crippen LogP contribution in [0.3, 0.4) is 0 Å². The number of ether oxygens (including phenoxy) is 6. The number of rotatable bonds is 25. The number of carbonyl (C=O) groups is 6. The smallest absolute Gasteiger partial charge is 0.870 e. The number of aromatic nitrogens is 8. The van der Waals surface area contributed by atoms with Gasteiger partial charge in [-0.2, -0.15) is 20.4 Å². The standard InChI is InChI=1S/C20H18N2O5.C20H20N2O4.C18H16N2O4.C13H13ClN2O2.C7H8O2.C2H3ClO.2CH4.Na.H2O/c1-14(23)26-12-15-7-9-17(10-8-15)27-13-19-18(20(24)25)11-21-22(19)16-5-3-2-4-6-16;1-2-25-20(24)18-12-21-22(16-6-4-3-5-7-16)19(18)14-26-17-10-8-15(13-23)9-11-17;21-11-13-6-8-15(9-7-13)24-12-17-16(18(22)23)10-19-20(17)14-4-2-1-3-5-14;1-2-18-13(17)11-9-15-16(12(11)8-14)10-6-4-3-5-7-10;8-5-6-1-3-7(9)4-2-6;1-2(3)4;;;;/h2-11H,12-13H2,1H3,(H,24,25);3-12,23H,2,13-14H2,1H3;1-10,21H,11-12H2,(H,22,23);3-7,9H,2,8H2,1H3;1-4,8-9H,5H2;1H3;2*1H4;;1H2/q;;;;;;;;+1;/p-1. The fraction of sp³-hybridized carbons (Fsp3) is 0.195. The van der Waals surface area contributed by atoms with E-state index in [4.69, 9.17) is 60.4 Å². The van der Waals surface area contributed by atoms with Crippen LogP contribution in [-0.2, 0) is 75.9 Å². The molecule has 0 unspecified atom stereocenters. The number of halogens is 2. The summed E-state index contributed by atoms with van der Waals surface area (Å²) in [6.07, 6.45) is 5.63. The molecule has 112 heavy (non-hydrogen) atoms. The van der Waals surface area contributed by atoms with E-state index in [2.05, 4.69) is 32.0 Å². The summed E-state index contributed by atoms with van der Waals surface area (Å²) in [4.78, 5) is 67.0. The zero-order valence-electron chi connectivity index (χ0n) is 60.5. The first-order chi connectivity index (χ1) is 52.3. The van der Waals surface area contributed by atoms with E-state index in [0.717, 1.165) is 45.0 Å². The summed E-state index contributed by atoms with van der Waals surface area (Å²) in [7, 11) is 0. The molecule has 0 aliphatic rings. The maximum atomic E-state index is 12.2. The average Bonchev–Trinajstić information content (AvgIpc) is 1.68. The molecular weight excluding hydrogens is 1490 g/mol. The van der Waals surface area contributed by atoms with Crippen molar-refractivity contribution in [1.29, 1.82) is 0 Å². The fourth-order valence-corrected chi connectivity index (χ4v) is 9.89. The Kier molecular flexibility index (Phi) is 42.3. The van der Waals surface area contributed by atoms with Crippen LogP contribution in [0.2, 0.25) is 0 Å². The number of esters is 3. The van der Waals surface area contributed by atoms with E-state index >= 15 is 0 Å². The number of phenols is 1. The van der Waals surface area contributed by atoms with Gasteiger partial charge >= 0.3 is 59.4 Å². The van der Waals surface area contributed by atoms with E-state index < -0.39 is 23.9 Å². The Morgan fingerprint density at radius 3 is 0.911 bits per heavy atom. The minimum Gasteiger partial charge on any atom is -0.870 e. The summed E-state index contributed by atoms with van der Waals surface area (Å²) in [5.41, 5.74) is 9.57. The quantitative estimate of drug-likeness (QED) is 0.0102. The van der Waals surface area contributed by atoms with Gasteiger partial charge in [0, 0.05) is 13.8 Å². The molecular formula is C82H87Cl2N8NaO19. The van der Waals surface area contributed by atoms with E-state index in [9.17, 15) is 39.0 Å². The first kappa shape index (κ1) is 94.4. The van der Waals surface area contributed by atoms with E-state index in [-0.39, 0.29) is 137 Å². The van der Waals surface area contributed by atoms with Gasteiger partial charge in [0.2, 0.25) is 5.24 Å². The Balaban J connectivity index is 0.000000365. The summed E-state index contributed by atoms with van der Waals surface area (Å²) in [5.74, 6) is -1.06. The Bertz CT molecular complexity index is 4780. The molecule has 0 aliphatic carbocycles. The van der Waals surface area contributed by atoms with Crippen molar-refractivity contribution < 1.29 is 123 Å². The molecule has 584 valence electrons. The largest absolute Gasteiger partial charge is 1.00 e. The van der Waals surface area contributed by atoms with Gasteiger partial charge < -0.3 is 64.5 Å². The summed E-state index contributed by atoms with van der Waals surface area (Å²) in [6, 6.07) is 65.2. The van der Waals surface area contributed by atoms with Gasteiger partial charge in [0.25, 0.3) is 0 Å². The molecule has 4 heterocycles. The number of hydrogen-bond acceptors (Lipinski definition) is 21. The van der Waals surface area contributed by atoms with Crippen molar-refractivity contribution in [1.82, 2.24) is 39.1 Å². The van der Waals surface area contributed by atoms with Crippen molar-refractivity contribution in [2.24, 2.45) is 0 Å². The van der Waals surface area contributed by atoms with Crippen molar-refractivity contribution in [3.63, 3.8) is 0 Å². The number of aromatic hydroxyl groups is 1. The third kappa shape index (κ3) is 29.2. The minimum absolute atomic E-state index is 0. The van der Waals surface area contributed by atoms with Crippen LogP contribution in [0.25, 0.3) is 22.7 Å². The number of alkyl halides is 1. The molecule has 27 nitrogen and oxygen atoms in total. The van der Waals surface area contributed by atoms with Crippen LogP contribution in [0.15, 0.2) is 243 Å². The molecule has 0 bridgehead atoms. The molecule has 4 aromatic heterocycles. The maximum Gasteiger partial charge on any atom is 1.00 e. The van der Waals surface area contributed by atoms with Gasteiger partial charge in [-0.05, 0) is 145 Å². The van der Waals surface area contributed by atoms with Crippen LogP contribution in [-0.4, -0.2) is 124 Å². The van der Waals surface area contributed by atoms with Gasteiger partial charge in [-0.1, -0.05) is 136 Å². The molecule has 0 saturated carbocycles. The third-order valence-corrected chi connectivity index (χ3v) is 15.1. The topological polar surface area (TPSA) is 380 Å². The number of para-hydroxylation sites is 4. The normalized spacial score (nSPS) is 9.87. The molecule has 7 N–H and O–H groups in total. The molecule has 8 aromatic carbocycles. The van der Waals surface area contributed by atoms with E-state index in [1.165, 1.54) is 38.6 Å². The van der Waals surface area contributed by atoms with Gasteiger partial charge in [0.05, 0.1) is 109 Å². The van der Waals surface area contributed by atoms with Gasteiger partial charge in [0.15, 0.2) is 0 Å². The average molecular weight is 1580 g/mol. The molecule has 0 atom stereocenters. The zero-order chi connectivity index (χ0) is 77.7. The van der Waals surface area contributed by atoms with E-state index in [0.29, 0.717) is 57.8 Å². The van der Waals surface area contributed by atoms with Gasteiger partial charge in [0.1, 0.15) is 71.7 Å². The minimum atomic E-state index is -1.06. The first-order valence-electron chi connectivity index (χ1n) is 33.2. The number of carboxylic acids is 2. The van der Waals surface area contributed by atoms with Crippen LogP contribution in [0.4, 0.5) is 0 Å². The number of carbonyl (C=O) groups excluding carboxylic acids is 4. The maximum absolute atomic E-state index is 12.2. The molecule has 12 aromatic rings. The number of hydrogen-bond donors (Lipinski definition) is 6. The molecule has 0 fully saturated rings. The summed E-state index contributed by atoms with van der Waals surface area (Å²) < 4.78 is 38.8. The van der Waals surface area contributed by atoms with Gasteiger partial charge in [-0.15, -0.1) is 11.6 Å². The Morgan fingerprint density at radius 2 is 0.643 bits per heavy atom. The van der Waals surface area contributed by atoms with Crippen LogP contribution < -0.4 is 43.8 Å². The van der Waals surface area contributed by atoms with Crippen molar-refractivity contribution in [2.75, 3.05) is 13.2 Å². The number of aliphatic hydroxyl groups excluding tert-OH is 3. The summed E-state index contributed by atoms with van der Waals surface area (Å²) in [6.45, 7) is 7.22. The van der Waals surface area contributed by atoms with Crippen LogP contribution in [0, 0.1) is 0 Å². The number of aliphatic hydroxyl groups is 3. The number of benzene rings is 8. The third-order valence-electron chi connectivity index (χ3n) is 14.9. The number of carboxylic acid groups (broad SMARTS) is 2. The molecule has 12 rings (SSSR count). The zero-order valence-corrected chi connectivity index (χ0v) is 64.0. The van der Waals surface area contributed by atoms with Crippen molar-refractivity contribution in [3.8, 4) is 45.7 Å². The van der Waals surface area contributed by atoms with E-state index in [1.54, 1.807) is 130 Å². The van der Waals surface area contributed by atoms with Crippen LogP contribution >= 0.6 is 23.2 Å². The van der Waals surface area contributed by atoms with Gasteiger partial charge in [-0.3, -0.25) is 9.59 Å². The molecule has 30 heteroatoms. The monoisotopic (exact) mass is 1580 g/mol. The Hall–Kier alpha value is -11.8. The molecule has 0 spiro atoms. The second kappa shape index (κ2) is 50.1. The van der Waals surface area contributed by atoms with E-state index in [1.807, 2.05) is 121 Å². The molecule has 0 radical (unpaired) electrons. The van der Waals surface area contributed by atoms with Crippen molar-refractivity contribution in [2.45, 2.75) is 94.7 Å². The second-order valence-electron chi connectivity index (χ2n) is 22.4. The summed E-state index contributed by atoms with van der Waals surface area (Å²) in [5, 5.41) is 70.8. The van der Waals surface area contributed by atoms with Crippen LogP contribution in [0.1, 0.15) is 129 Å². The van der Waals surface area contributed by atoms with Crippen molar-refractivity contribution >= 4 is 58.3 Å². The Morgan fingerprint density at radius 1 is 0.384 bits per heavy atom. The van der Waals surface area contributed by atoms with Crippen molar-refractivity contribution in [3.05, 3.63) is 310 Å². The predicted octanol–water partition coefficient (Wildman–Crippen LogP) is 11.5. The fourth-order valence-electron chi connectivity index (χ4n) is 9.63. The van der Waals surface area contributed by atoms with Crippen LogP contribution in [0.5, 0.6) is 23.0 Å². The number of aromatic carboxylic acids is 2. The van der Waals surface area contributed by atoms with Gasteiger partial charge in [-0.25, -0.2) is 37.9 Å². The first-order valence-corrected chi connectivity index (χ1v) is 34.1. The molecule has 0 aliphatic heterocycles. The summed E-state index contributed by atoms with van der Waals surface area (Å²) >= 11 is 10.5. The SMILES string of the molecule is C.C.CC(=O)Cl.CC(=O)OCc1ccc(OCc2c(C(=O)O)cnn2-c2ccccc2)cc1.CCOC(=O)c1cnn(-c2ccccc2)c1CCl.CCOC(=O)c1cnn(-c2ccccc2)c1COc1ccc(CO)cc1.O=C(O)c1cnn(-c2ccccc2)c1COc1ccc(CO)cc1.OCc1ccc(O)cc1.[Na+].[OH-]. The number of nitrogens with zero attached hydrogens (tertiary/aromatic N) is 8. The predicted molar refractivity (Wildman–Crippen MR) is 415 cm³/mol. The number of phenolic OH excluding ortho intramolecular Hbond substituents is 1. The molecule has 0 amide bonds. The second-order valence-corrected chi connectivity index (χ2v) is 23.2. The Labute approximate surface area is 679 Å².